The van der Waals surface area contributed by atoms with Crippen LogP contribution in [0.15, 0.2) is 17.6 Å². The number of nitrogens with zero attached hydrogens (tertiary/aromatic N) is 2. The first-order valence-electron chi connectivity index (χ1n) is 5.72. The van der Waals surface area contributed by atoms with E-state index in [4.69, 9.17) is 0 Å². The Balaban J connectivity index is 2.55. The van der Waals surface area contributed by atoms with Crippen LogP contribution < -0.4 is 0 Å². The zero-order chi connectivity index (χ0) is 11.1. The molecule has 0 saturated carbocycles. The minimum atomic E-state index is 0.584. The van der Waals surface area contributed by atoms with E-state index < -0.39 is 0 Å². The Hall–Kier alpha value is -0.570. The SMILES string of the molecule is CCCSc1ncc(C(C)CCC)cn1. The van der Waals surface area contributed by atoms with Crippen LogP contribution in [0.1, 0.15) is 51.5 Å². The highest BCUT2D eigenvalue weighted by molar-refractivity contribution is 7.99. The molecule has 15 heavy (non-hydrogen) atoms. The minimum absolute atomic E-state index is 0.584. The Labute approximate surface area is 96.9 Å². The van der Waals surface area contributed by atoms with Crippen LogP contribution in [0, 0.1) is 0 Å². The molecule has 1 atom stereocenters. The molecule has 0 spiro atoms. The highest BCUT2D eigenvalue weighted by Crippen LogP contribution is 2.20. The summed E-state index contributed by atoms with van der Waals surface area (Å²) in [7, 11) is 0. The van der Waals surface area contributed by atoms with Gasteiger partial charge in [0.25, 0.3) is 0 Å². The molecule has 1 unspecified atom stereocenters. The van der Waals surface area contributed by atoms with Gasteiger partial charge in [-0.2, -0.15) is 0 Å². The van der Waals surface area contributed by atoms with Crippen molar-refractivity contribution < 1.29 is 0 Å². The van der Waals surface area contributed by atoms with Crippen LogP contribution in [0.3, 0.4) is 0 Å². The lowest BCUT2D eigenvalue weighted by Crippen LogP contribution is -1.96. The molecule has 0 aliphatic carbocycles. The zero-order valence-electron chi connectivity index (χ0n) is 9.86. The van der Waals surface area contributed by atoms with E-state index in [9.17, 15) is 0 Å². The van der Waals surface area contributed by atoms with Gasteiger partial charge in [0.05, 0.1) is 0 Å². The van der Waals surface area contributed by atoms with Gasteiger partial charge >= 0.3 is 0 Å². The molecule has 0 aromatic carbocycles. The average Bonchev–Trinajstić information content (AvgIpc) is 2.27. The molecule has 3 heteroatoms. The van der Waals surface area contributed by atoms with Crippen LogP contribution in [0.2, 0.25) is 0 Å². The quantitative estimate of drug-likeness (QED) is 0.541. The first-order valence-corrected chi connectivity index (χ1v) is 6.71. The second kappa shape index (κ2) is 6.83. The lowest BCUT2D eigenvalue weighted by molar-refractivity contribution is 0.655. The first kappa shape index (κ1) is 12.5. The van der Waals surface area contributed by atoms with Crippen LogP contribution >= 0.6 is 11.8 Å². The lowest BCUT2D eigenvalue weighted by atomic mass is 10.00. The first-order chi connectivity index (χ1) is 7.27. The topological polar surface area (TPSA) is 25.8 Å². The summed E-state index contributed by atoms with van der Waals surface area (Å²) in [6, 6.07) is 0. The molecule has 0 aliphatic rings. The minimum Gasteiger partial charge on any atom is -0.231 e. The summed E-state index contributed by atoms with van der Waals surface area (Å²) in [4.78, 5) is 8.74. The van der Waals surface area contributed by atoms with Gasteiger partial charge in [0, 0.05) is 18.1 Å². The molecule has 84 valence electrons. The van der Waals surface area contributed by atoms with Crippen molar-refractivity contribution in [2.45, 2.75) is 51.1 Å². The molecule has 0 saturated heterocycles. The Morgan fingerprint density at radius 1 is 1.20 bits per heavy atom. The van der Waals surface area contributed by atoms with Gasteiger partial charge in [-0.1, -0.05) is 39.0 Å². The average molecular weight is 224 g/mol. The van der Waals surface area contributed by atoms with E-state index in [0.29, 0.717) is 5.92 Å². The summed E-state index contributed by atoms with van der Waals surface area (Å²) in [5.74, 6) is 1.68. The van der Waals surface area contributed by atoms with Crippen LogP contribution in [-0.4, -0.2) is 15.7 Å². The van der Waals surface area contributed by atoms with Crippen LogP contribution in [0.25, 0.3) is 0 Å². The number of aromatic nitrogens is 2. The predicted octanol–water partition coefficient (Wildman–Crippen LogP) is 3.88. The molecule has 1 aromatic heterocycles. The van der Waals surface area contributed by atoms with Crippen molar-refractivity contribution in [3.8, 4) is 0 Å². The summed E-state index contributed by atoms with van der Waals surface area (Å²) < 4.78 is 0. The van der Waals surface area contributed by atoms with Crippen LogP contribution in [0.4, 0.5) is 0 Å². The summed E-state index contributed by atoms with van der Waals surface area (Å²) >= 11 is 1.73. The summed E-state index contributed by atoms with van der Waals surface area (Å²) in [6.45, 7) is 6.62. The third-order valence-electron chi connectivity index (χ3n) is 2.37. The van der Waals surface area contributed by atoms with Crippen molar-refractivity contribution in [3.63, 3.8) is 0 Å². The molecule has 0 bridgehead atoms. The summed E-state index contributed by atoms with van der Waals surface area (Å²) in [6.07, 6.45) is 7.55. The molecule has 2 nitrogen and oxygen atoms in total. The van der Waals surface area contributed by atoms with E-state index in [1.165, 1.54) is 24.8 Å². The van der Waals surface area contributed by atoms with Crippen molar-refractivity contribution in [2.75, 3.05) is 5.75 Å². The molecule has 0 fully saturated rings. The van der Waals surface area contributed by atoms with E-state index in [1.54, 1.807) is 11.8 Å². The Morgan fingerprint density at radius 2 is 1.87 bits per heavy atom. The third kappa shape index (κ3) is 4.20. The van der Waals surface area contributed by atoms with Gasteiger partial charge in [-0.15, -0.1) is 0 Å². The second-order valence-corrected chi connectivity index (χ2v) is 4.90. The Kier molecular flexibility index (Phi) is 5.69. The predicted molar refractivity (Wildman–Crippen MR) is 66.4 cm³/mol. The standard InChI is InChI=1S/C12H20N2S/c1-4-6-10(3)11-8-13-12(14-9-11)15-7-5-2/h8-10H,4-7H2,1-3H3. The molecule has 1 heterocycles. The molecule has 1 aromatic rings. The molecule has 1 rings (SSSR count). The molecule has 0 radical (unpaired) electrons. The van der Waals surface area contributed by atoms with Gasteiger partial charge in [0.2, 0.25) is 0 Å². The van der Waals surface area contributed by atoms with Gasteiger partial charge in [-0.25, -0.2) is 9.97 Å². The molecular weight excluding hydrogens is 204 g/mol. The Morgan fingerprint density at radius 3 is 2.40 bits per heavy atom. The number of hydrogen-bond donors (Lipinski definition) is 0. The third-order valence-corrected chi connectivity index (χ3v) is 3.46. The van der Waals surface area contributed by atoms with Gasteiger partial charge < -0.3 is 0 Å². The summed E-state index contributed by atoms with van der Waals surface area (Å²) in [5, 5.41) is 0.907. The van der Waals surface area contributed by atoms with Crippen molar-refractivity contribution in [2.24, 2.45) is 0 Å². The van der Waals surface area contributed by atoms with E-state index in [1.807, 2.05) is 12.4 Å². The highest BCUT2D eigenvalue weighted by Gasteiger charge is 2.05. The maximum atomic E-state index is 4.37. The monoisotopic (exact) mass is 224 g/mol. The van der Waals surface area contributed by atoms with Crippen LogP contribution in [0.5, 0.6) is 0 Å². The lowest BCUT2D eigenvalue weighted by Gasteiger charge is -2.09. The van der Waals surface area contributed by atoms with Crippen molar-refractivity contribution in [1.82, 2.24) is 9.97 Å². The highest BCUT2D eigenvalue weighted by atomic mass is 32.2. The van der Waals surface area contributed by atoms with Crippen LogP contribution in [-0.2, 0) is 0 Å². The maximum absolute atomic E-state index is 4.37. The maximum Gasteiger partial charge on any atom is 0.187 e. The summed E-state index contributed by atoms with van der Waals surface area (Å²) in [5.41, 5.74) is 1.26. The van der Waals surface area contributed by atoms with E-state index >= 15 is 0 Å². The molecule has 0 amide bonds. The molecular formula is C12H20N2S. The number of hydrogen-bond acceptors (Lipinski definition) is 3. The van der Waals surface area contributed by atoms with E-state index in [0.717, 1.165) is 10.9 Å². The van der Waals surface area contributed by atoms with Gasteiger partial charge in [0.1, 0.15) is 0 Å². The number of rotatable bonds is 6. The fourth-order valence-corrected chi connectivity index (χ4v) is 2.09. The zero-order valence-corrected chi connectivity index (χ0v) is 10.7. The van der Waals surface area contributed by atoms with E-state index in [-0.39, 0.29) is 0 Å². The normalized spacial score (nSPS) is 12.7. The fraction of sp³-hybridized carbons (Fsp3) is 0.667. The Bertz CT molecular complexity index is 271. The molecule has 0 aliphatic heterocycles. The van der Waals surface area contributed by atoms with Gasteiger partial charge in [0.15, 0.2) is 5.16 Å². The fourth-order valence-electron chi connectivity index (χ4n) is 1.45. The second-order valence-electron chi connectivity index (χ2n) is 3.84. The number of thioether (sulfide) groups is 1. The van der Waals surface area contributed by atoms with Crippen molar-refractivity contribution in [3.05, 3.63) is 18.0 Å². The van der Waals surface area contributed by atoms with E-state index in [2.05, 4.69) is 30.7 Å². The van der Waals surface area contributed by atoms with Crippen molar-refractivity contribution in [1.29, 1.82) is 0 Å². The van der Waals surface area contributed by atoms with Crippen molar-refractivity contribution >= 4 is 11.8 Å². The van der Waals surface area contributed by atoms with Gasteiger partial charge in [-0.05, 0) is 24.3 Å². The van der Waals surface area contributed by atoms with Gasteiger partial charge in [-0.3, -0.25) is 0 Å². The smallest absolute Gasteiger partial charge is 0.187 e. The molecule has 0 N–H and O–H groups in total. The largest absolute Gasteiger partial charge is 0.231 e.